The third-order valence-corrected chi connectivity index (χ3v) is 9.91. The number of aromatic amines is 1. The summed E-state index contributed by atoms with van der Waals surface area (Å²) in [6.07, 6.45) is -7.24. The fourth-order valence-electron chi connectivity index (χ4n) is 7.06. The minimum atomic E-state index is -5.10. The molecule has 6 rings (SSSR count). The minimum Gasteiger partial charge on any atom is -0.461 e. The zero-order valence-electron chi connectivity index (χ0n) is 30.0. The van der Waals surface area contributed by atoms with Crippen molar-refractivity contribution in [3.8, 4) is 0 Å². The lowest BCUT2D eigenvalue weighted by molar-refractivity contribution is -0.145. The average Bonchev–Trinajstić information content (AvgIpc) is 3.56. The van der Waals surface area contributed by atoms with E-state index in [0.29, 0.717) is 57.7 Å². The van der Waals surface area contributed by atoms with E-state index in [1.54, 1.807) is 6.20 Å². The van der Waals surface area contributed by atoms with Crippen LogP contribution in [0, 0.1) is 0 Å². The van der Waals surface area contributed by atoms with Crippen LogP contribution >= 0.6 is 0 Å². The van der Waals surface area contributed by atoms with Crippen molar-refractivity contribution in [1.29, 1.82) is 0 Å². The summed E-state index contributed by atoms with van der Waals surface area (Å²) in [6, 6.07) is 17.1. The maximum Gasteiger partial charge on any atom is 0.416 e. The number of hydrogen-bond acceptors (Lipinski definition) is 7. The molecule has 1 atom stereocenters. The van der Waals surface area contributed by atoms with Gasteiger partial charge in [0.05, 0.1) is 17.7 Å². The van der Waals surface area contributed by atoms with E-state index < -0.39 is 41.0 Å². The number of halogens is 6. The molecule has 1 aromatic heterocycles. The van der Waals surface area contributed by atoms with E-state index in [0.717, 1.165) is 22.0 Å². The molecule has 2 amide bonds. The lowest BCUT2D eigenvalue weighted by Gasteiger charge is -2.42. The summed E-state index contributed by atoms with van der Waals surface area (Å²) in [7, 11) is 0. The molecule has 294 valence electrons. The van der Waals surface area contributed by atoms with Gasteiger partial charge in [-0.25, -0.2) is 5.01 Å². The van der Waals surface area contributed by atoms with Crippen molar-refractivity contribution in [2.75, 3.05) is 58.9 Å². The van der Waals surface area contributed by atoms with Gasteiger partial charge < -0.3 is 19.5 Å². The maximum atomic E-state index is 13.8. The van der Waals surface area contributed by atoms with Crippen LogP contribution < -0.4 is 5.43 Å². The molecule has 4 aromatic rings. The highest BCUT2D eigenvalue weighted by molar-refractivity contribution is 5.95. The van der Waals surface area contributed by atoms with Crippen LogP contribution in [0.5, 0.6) is 0 Å². The molecule has 0 spiro atoms. The summed E-state index contributed by atoms with van der Waals surface area (Å²) in [5.41, 5.74) is 1.67. The van der Waals surface area contributed by atoms with Crippen LogP contribution in [0.1, 0.15) is 45.5 Å². The van der Waals surface area contributed by atoms with Crippen molar-refractivity contribution < 1.29 is 45.5 Å². The van der Waals surface area contributed by atoms with Gasteiger partial charge in [-0.1, -0.05) is 48.5 Å². The standard InChI is InChI=1S/C39H42F6N6O4/c40-38(41,42)30-19-28(20-31(22-30)39(43,44)45)37(54)51-18-15-49(24-32(51)21-29-23-46-34-10-5-4-9-33(29)34)25-35(52)47-50-16-13-48(14-17-50)12-6-11-36(53)55-26-27-7-2-1-3-8-27/h1-5,7-10,19-20,22-23,32,46H,6,11-18,21,24-26H2,(H,47,52)/t32-/m1/s1. The molecule has 0 saturated carbocycles. The topological polar surface area (TPSA) is 101 Å². The fourth-order valence-corrected chi connectivity index (χ4v) is 7.06. The SMILES string of the molecule is O=C(CN1CCN(C(=O)c2cc(C(F)(F)F)cc(C(F)(F)F)c2)[C@H](Cc2c[nH]c3ccccc23)C1)NN1CCN(CCCC(=O)OCc2ccccc2)CC1. The number of amides is 2. The number of hydrazine groups is 1. The number of esters is 1. The van der Waals surface area contributed by atoms with Gasteiger partial charge in [-0.2, -0.15) is 26.3 Å². The number of carbonyl (C=O) groups excluding carboxylic acids is 3. The van der Waals surface area contributed by atoms with Crippen LogP contribution in [-0.4, -0.2) is 107 Å². The number of ether oxygens (including phenoxy) is 1. The van der Waals surface area contributed by atoms with Crippen molar-refractivity contribution in [1.82, 2.24) is 30.1 Å². The Morgan fingerprint density at radius 1 is 0.800 bits per heavy atom. The number of aromatic nitrogens is 1. The molecule has 3 aromatic carbocycles. The number of hydrogen-bond donors (Lipinski definition) is 2. The fraction of sp³-hybridized carbons (Fsp3) is 0.410. The normalized spacial score (nSPS) is 17.7. The van der Waals surface area contributed by atoms with Crippen LogP contribution in [0.4, 0.5) is 26.3 Å². The first-order valence-electron chi connectivity index (χ1n) is 18.1. The van der Waals surface area contributed by atoms with Crippen LogP contribution in [0.3, 0.4) is 0 Å². The molecule has 55 heavy (non-hydrogen) atoms. The van der Waals surface area contributed by atoms with Crippen LogP contribution in [-0.2, 0) is 39.7 Å². The minimum absolute atomic E-state index is 0.00345. The van der Waals surface area contributed by atoms with Crippen LogP contribution in [0.25, 0.3) is 10.9 Å². The van der Waals surface area contributed by atoms with Crippen molar-refractivity contribution in [3.05, 3.63) is 107 Å². The molecule has 0 bridgehead atoms. The Balaban J connectivity index is 1.04. The smallest absolute Gasteiger partial charge is 0.416 e. The first-order chi connectivity index (χ1) is 26.2. The first-order valence-corrected chi connectivity index (χ1v) is 18.1. The quantitative estimate of drug-likeness (QED) is 0.140. The highest BCUT2D eigenvalue weighted by atomic mass is 19.4. The molecule has 2 aliphatic heterocycles. The summed E-state index contributed by atoms with van der Waals surface area (Å²) in [6.45, 7) is 3.72. The predicted octanol–water partition coefficient (Wildman–Crippen LogP) is 5.75. The number of H-pyrrole nitrogens is 1. The summed E-state index contributed by atoms with van der Waals surface area (Å²) in [5.74, 6) is -1.49. The van der Waals surface area contributed by atoms with E-state index in [1.165, 1.54) is 4.90 Å². The highest BCUT2D eigenvalue weighted by Gasteiger charge is 2.39. The predicted molar refractivity (Wildman–Crippen MR) is 191 cm³/mol. The molecule has 0 radical (unpaired) electrons. The van der Waals surface area contributed by atoms with Crippen LogP contribution in [0.2, 0.25) is 0 Å². The van der Waals surface area contributed by atoms with Gasteiger partial charge in [0.25, 0.3) is 5.91 Å². The molecule has 0 aliphatic carbocycles. The van der Waals surface area contributed by atoms with E-state index in [9.17, 15) is 40.7 Å². The van der Waals surface area contributed by atoms with Crippen molar-refractivity contribution in [2.45, 2.75) is 44.3 Å². The summed E-state index contributed by atoms with van der Waals surface area (Å²) >= 11 is 0. The molecular formula is C39H42F6N6O4. The van der Waals surface area contributed by atoms with Crippen molar-refractivity contribution >= 4 is 28.7 Å². The van der Waals surface area contributed by atoms with Gasteiger partial charge in [-0.3, -0.25) is 24.7 Å². The Morgan fingerprint density at radius 2 is 1.45 bits per heavy atom. The van der Waals surface area contributed by atoms with E-state index in [-0.39, 0.29) is 57.1 Å². The van der Waals surface area contributed by atoms with Gasteiger partial charge >= 0.3 is 18.3 Å². The van der Waals surface area contributed by atoms with Crippen molar-refractivity contribution in [3.63, 3.8) is 0 Å². The van der Waals surface area contributed by atoms with Gasteiger partial charge in [0.2, 0.25) is 5.91 Å². The first kappa shape index (κ1) is 39.8. The van der Waals surface area contributed by atoms with Gasteiger partial charge in [0, 0.05) is 80.9 Å². The number of para-hydroxylation sites is 1. The number of rotatable bonds is 12. The molecule has 10 nitrogen and oxygen atoms in total. The van der Waals surface area contributed by atoms with Gasteiger partial charge in [-0.15, -0.1) is 0 Å². The summed E-state index contributed by atoms with van der Waals surface area (Å²) < 4.78 is 87.3. The van der Waals surface area contributed by atoms with Gasteiger partial charge in [0.15, 0.2) is 0 Å². The monoisotopic (exact) mass is 772 g/mol. The lowest BCUT2D eigenvalue weighted by atomic mass is 9.98. The van der Waals surface area contributed by atoms with E-state index in [2.05, 4.69) is 15.3 Å². The lowest BCUT2D eigenvalue weighted by Crippen LogP contribution is -2.59. The van der Waals surface area contributed by atoms with Gasteiger partial charge in [-0.05, 0) is 54.8 Å². The third-order valence-electron chi connectivity index (χ3n) is 9.91. The number of alkyl halides is 6. The summed E-state index contributed by atoms with van der Waals surface area (Å²) in [5, 5.41) is 2.69. The Bertz CT molecular complexity index is 1910. The second-order valence-electron chi connectivity index (χ2n) is 13.9. The Kier molecular flexibility index (Phi) is 12.5. The Labute approximate surface area is 314 Å². The molecule has 3 heterocycles. The molecule has 2 aliphatic rings. The highest BCUT2D eigenvalue weighted by Crippen LogP contribution is 2.37. The zero-order chi connectivity index (χ0) is 39.2. The molecule has 2 fully saturated rings. The number of nitrogens with zero attached hydrogens (tertiary/aromatic N) is 4. The Morgan fingerprint density at radius 3 is 2.15 bits per heavy atom. The number of fused-ring (bicyclic) bond motifs is 1. The maximum absolute atomic E-state index is 13.8. The summed E-state index contributed by atoms with van der Waals surface area (Å²) in [4.78, 5) is 47.7. The third kappa shape index (κ3) is 10.6. The molecule has 2 N–H and O–H groups in total. The van der Waals surface area contributed by atoms with E-state index in [4.69, 9.17) is 4.74 Å². The van der Waals surface area contributed by atoms with Crippen LogP contribution in [0.15, 0.2) is 79.0 Å². The Hall–Kier alpha value is -4.93. The molecular weight excluding hydrogens is 730 g/mol. The zero-order valence-corrected chi connectivity index (χ0v) is 30.0. The van der Waals surface area contributed by atoms with E-state index in [1.807, 2.05) is 64.5 Å². The second-order valence-corrected chi connectivity index (χ2v) is 13.9. The number of piperazine rings is 2. The largest absolute Gasteiger partial charge is 0.461 e. The molecule has 0 unspecified atom stereocenters. The van der Waals surface area contributed by atoms with E-state index >= 15 is 0 Å². The average molecular weight is 773 g/mol. The number of nitrogens with one attached hydrogen (secondary N) is 2. The second kappa shape index (κ2) is 17.3. The molecule has 2 saturated heterocycles. The number of benzene rings is 3. The van der Waals surface area contributed by atoms with Crippen molar-refractivity contribution in [2.24, 2.45) is 0 Å². The van der Waals surface area contributed by atoms with Gasteiger partial charge in [0.1, 0.15) is 6.61 Å². The number of carbonyl (C=O) groups is 3. The molecule has 16 heteroatoms.